The first kappa shape index (κ1) is 16.0. The predicted octanol–water partition coefficient (Wildman–Crippen LogP) is 3.67. The SMILES string of the molecule is CCCNC1CCCC1CCN(CCC)C(C)C. The van der Waals surface area contributed by atoms with E-state index in [1.165, 1.54) is 58.2 Å². The van der Waals surface area contributed by atoms with Gasteiger partial charge in [-0.15, -0.1) is 0 Å². The Bertz CT molecular complexity index is 203. The number of rotatable bonds is 9. The molecule has 1 N–H and O–H groups in total. The molecule has 1 aliphatic rings. The van der Waals surface area contributed by atoms with Crippen LogP contribution >= 0.6 is 0 Å². The summed E-state index contributed by atoms with van der Waals surface area (Å²) in [5, 5.41) is 3.75. The summed E-state index contributed by atoms with van der Waals surface area (Å²) >= 11 is 0. The minimum Gasteiger partial charge on any atom is -0.314 e. The Morgan fingerprint density at radius 3 is 2.50 bits per heavy atom. The molecule has 0 aliphatic heterocycles. The molecule has 1 rings (SSSR count). The molecule has 1 fully saturated rings. The van der Waals surface area contributed by atoms with Gasteiger partial charge in [0.05, 0.1) is 0 Å². The molecule has 0 radical (unpaired) electrons. The summed E-state index contributed by atoms with van der Waals surface area (Å²) in [4.78, 5) is 2.65. The van der Waals surface area contributed by atoms with Crippen molar-refractivity contribution in [2.24, 2.45) is 5.92 Å². The Morgan fingerprint density at radius 1 is 1.11 bits per heavy atom. The van der Waals surface area contributed by atoms with Gasteiger partial charge in [0.25, 0.3) is 0 Å². The zero-order valence-corrected chi connectivity index (χ0v) is 13.0. The second-order valence-electron chi connectivity index (χ2n) is 6.17. The molecule has 0 spiro atoms. The van der Waals surface area contributed by atoms with Crippen molar-refractivity contribution >= 4 is 0 Å². The molecule has 2 atom stereocenters. The van der Waals surface area contributed by atoms with Gasteiger partial charge >= 0.3 is 0 Å². The number of hydrogen-bond acceptors (Lipinski definition) is 2. The minimum atomic E-state index is 0.702. The van der Waals surface area contributed by atoms with Gasteiger partial charge in [-0.2, -0.15) is 0 Å². The van der Waals surface area contributed by atoms with Crippen molar-refractivity contribution in [1.82, 2.24) is 10.2 Å². The zero-order valence-electron chi connectivity index (χ0n) is 13.0. The van der Waals surface area contributed by atoms with Gasteiger partial charge in [0.2, 0.25) is 0 Å². The van der Waals surface area contributed by atoms with Crippen LogP contribution in [-0.2, 0) is 0 Å². The summed E-state index contributed by atoms with van der Waals surface area (Å²) in [6.07, 6.45) is 8.21. The van der Waals surface area contributed by atoms with Crippen LogP contribution < -0.4 is 5.32 Å². The van der Waals surface area contributed by atoms with E-state index < -0.39 is 0 Å². The normalized spacial score (nSPS) is 24.3. The van der Waals surface area contributed by atoms with E-state index in [0.29, 0.717) is 6.04 Å². The van der Waals surface area contributed by atoms with Crippen molar-refractivity contribution in [3.8, 4) is 0 Å². The Kier molecular flexibility index (Phi) is 7.92. The molecule has 0 aromatic rings. The van der Waals surface area contributed by atoms with Crippen LogP contribution in [0.25, 0.3) is 0 Å². The first-order valence-electron chi connectivity index (χ1n) is 8.16. The van der Waals surface area contributed by atoms with E-state index in [9.17, 15) is 0 Å². The van der Waals surface area contributed by atoms with Crippen LogP contribution in [0.1, 0.15) is 66.2 Å². The Hall–Kier alpha value is -0.0800. The summed E-state index contributed by atoms with van der Waals surface area (Å²) in [5.41, 5.74) is 0. The highest BCUT2D eigenvalue weighted by Gasteiger charge is 2.26. The van der Waals surface area contributed by atoms with E-state index in [0.717, 1.165) is 12.0 Å². The van der Waals surface area contributed by atoms with E-state index in [1.54, 1.807) is 0 Å². The fourth-order valence-corrected chi connectivity index (χ4v) is 3.23. The molecule has 1 saturated carbocycles. The Labute approximate surface area is 115 Å². The van der Waals surface area contributed by atoms with E-state index in [-0.39, 0.29) is 0 Å². The molecule has 1 aliphatic carbocycles. The zero-order chi connectivity index (χ0) is 13.4. The van der Waals surface area contributed by atoms with Gasteiger partial charge in [0.15, 0.2) is 0 Å². The van der Waals surface area contributed by atoms with Gasteiger partial charge in [0.1, 0.15) is 0 Å². The van der Waals surface area contributed by atoms with Crippen molar-refractivity contribution < 1.29 is 0 Å². The molecule has 0 aromatic heterocycles. The summed E-state index contributed by atoms with van der Waals surface area (Å²) in [5.74, 6) is 0.926. The summed E-state index contributed by atoms with van der Waals surface area (Å²) in [6, 6.07) is 1.51. The van der Waals surface area contributed by atoms with Crippen LogP contribution in [0.15, 0.2) is 0 Å². The molecule has 18 heavy (non-hydrogen) atoms. The second kappa shape index (κ2) is 8.92. The molecule has 2 unspecified atom stereocenters. The average Bonchev–Trinajstić information content (AvgIpc) is 2.79. The maximum Gasteiger partial charge on any atom is 0.00958 e. The lowest BCUT2D eigenvalue weighted by molar-refractivity contribution is 0.199. The van der Waals surface area contributed by atoms with Gasteiger partial charge in [-0.3, -0.25) is 0 Å². The number of nitrogens with one attached hydrogen (secondary N) is 1. The largest absolute Gasteiger partial charge is 0.314 e. The smallest absolute Gasteiger partial charge is 0.00958 e. The van der Waals surface area contributed by atoms with Crippen molar-refractivity contribution in [1.29, 1.82) is 0 Å². The van der Waals surface area contributed by atoms with Crippen molar-refractivity contribution in [3.05, 3.63) is 0 Å². The minimum absolute atomic E-state index is 0.702. The molecule has 108 valence electrons. The van der Waals surface area contributed by atoms with Crippen LogP contribution in [0.5, 0.6) is 0 Å². The van der Waals surface area contributed by atoms with Crippen LogP contribution in [0.4, 0.5) is 0 Å². The maximum absolute atomic E-state index is 3.75. The van der Waals surface area contributed by atoms with Gasteiger partial charge in [-0.25, -0.2) is 0 Å². The van der Waals surface area contributed by atoms with Crippen molar-refractivity contribution in [2.45, 2.75) is 78.3 Å². The Morgan fingerprint density at radius 2 is 1.89 bits per heavy atom. The molecule has 2 nitrogen and oxygen atoms in total. The molecule has 0 bridgehead atoms. The summed E-state index contributed by atoms with van der Waals surface area (Å²) in [7, 11) is 0. The highest BCUT2D eigenvalue weighted by molar-refractivity contribution is 4.83. The highest BCUT2D eigenvalue weighted by Crippen LogP contribution is 2.28. The van der Waals surface area contributed by atoms with Gasteiger partial charge in [-0.1, -0.05) is 20.3 Å². The van der Waals surface area contributed by atoms with Gasteiger partial charge < -0.3 is 10.2 Å². The van der Waals surface area contributed by atoms with Crippen LogP contribution in [0.3, 0.4) is 0 Å². The standard InChI is InChI=1S/C16H34N2/c1-5-11-17-16-9-7-8-15(16)10-13-18(12-6-2)14(3)4/h14-17H,5-13H2,1-4H3. The van der Waals surface area contributed by atoms with Crippen molar-refractivity contribution in [2.75, 3.05) is 19.6 Å². The molecule has 0 saturated heterocycles. The molecular formula is C16H34N2. The van der Waals surface area contributed by atoms with E-state index in [2.05, 4.69) is 37.9 Å². The molecule has 0 aromatic carbocycles. The van der Waals surface area contributed by atoms with Crippen LogP contribution in [0, 0.1) is 5.92 Å². The molecule has 0 heterocycles. The quantitative estimate of drug-likeness (QED) is 0.675. The second-order valence-corrected chi connectivity index (χ2v) is 6.17. The third kappa shape index (κ3) is 5.27. The topological polar surface area (TPSA) is 15.3 Å². The molecule has 2 heteroatoms. The first-order valence-corrected chi connectivity index (χ1v) is 8.16. The van der Waals surface area contributed by atoms with Gasteiger partial charge in [0, 0.05) is 12.1 Å². The van der Waals surface area contributed by atoms with E-state index in [4.69, 9.17) is 0 Å². The lowest BCUT2D eigenvalue weighted by Gasteiger charge is -2.29. The monoisotopic (exact) mass is 254 g/mol. The molecular weight excluding hydrogens is 220 g/mol. The average molecular weight is 254 g/mol. The number of nitrogens with zero attached hydrogens (tertiary/aromatic N) is 1. The highest BCUT2D eigenvalue weighted by atomic mass is 15.1. The summed E-state index contributed by atoms with van der Waals surface area (Å²) in [6.45, 7) is 13.0. The fraction of sp³-hybridized carbons (Fsp3) is 1.00. The lowest BCUT2D eigenvalue weighted by Crippen LogP contribution is -2.37. The first-order chi connectivity index (χ1) is 8.69. The number of hydrogen-bond donors (Lipinski definition) is 1. The fourth-order valence-electron chi connectivity index (χ4n) is 3.23. The molecule has 0 amide bonds. The van der Waals surface area contributed by atoms with E-state index >= 15 is 0 Å². The van der Waals surface area contributed by atoms with Crippen LogP contribution in [-0.4, -0.2) is 36.6 Å². The third-order valence-electron chi connectivity index (χ3n) is 4.34. The Balaban J connectivity index is 2.31. The van der Waals surface area contributed by atoms with Crippen molar-refractivity contribution in [3.63, 3.8) is 0 Å². The van der Waals surface area contributed by atoms with Crippen LogP contribution in [0.2, 0.25) is 0 Å². The van der Waals surface area contributed by atoms with Gasteiger partial charge in [-0.05, 0) is 71.5 Å². The van der Waals surface area contributed by atoms with E-state index in [1.807, 2.05) is 0 Å². The summed E-state index contributed by atoms with van der Waals surface area (Å²) < 4.78 is 0. The predicted molar refractivity (Wildman–Crippen MR) is 81.0 cm³/mol. The third-order valence-corrected chi connectivity index (χ3v) is 4.34. The lowest BCUT2D eigenvalue weighted by atomic mass is 9.98. The maximum atomic E-state index is 3.75.